The summed E-state index contributed by atoms with van der Waals surface area (Å²) in [5, 5.41) is 12.4. The molecule has 1 atom stereocenters. The van der Waals surface area contributed by atoms with Gasteiger partial charge in [-0.3, -0.25) is 9.59 Å². The average Bonchev–Trinajstić information content (AvgIpc) is 2.51. The topological polar surface area (TPSA) is 92.7 Å². The van der Waals surface area contributed by atoms with E-state index in [0.29, 0.717) is 19.7 Å². The molecule has 1 fully saturated rings. The van der Waals surface area contributed by atoms with Gasteiger partial charge in [0.05, 0.1) is 12.7 Å². The Morgan fingerprint density at radius 3 is 2.43 bits per heavy atom. The second-order valence-electron chi connectivity index (χ2n) is 4.86. The SMILES string of the molecule is O=C(O)C1=C(C2CNCCO2)C(=O)c2ccccc2C1=O. The van der Waals surface area contributed by atoms with Gasteiger partial charge in [-0.25, -0.2) is 4.79 Å². The lowest BCUT2D eigenvalue weighted by molar-refractivity contribution is -0.132. The van der Waals surface area contributed by atoms with Gasteiger partial charge < -0.3 is 15.2 Å². The summed E-state index contributed by atoms with van der Waals surface area (Å²) in [6.07, 6.45) is -0.713. The number of rotatable bonds is 2. The van der Waals surface area contributed by atoms with E-state index in [0.717, 1.165) is 0 Å². The molecule has 0 radical (unpaired) electrons. The van der Waals surface area contributed by atoms with Crippen LogP contribution in [-0.4, -0.2) is 48.4 Å². The average molecular weight is 287 g/mol. The highest BCUT2D eigenvalue weighted by Gasteiger charge is 2.39. The van der Waals surface area contributed by atoms with Crippen LogP contribution < -0.4 is 5.32 Å². The van der Waals surface area contributed by atoms with Gasteiger partial charge in [0, 0.05) is 29.8 Å². The number of carbonyl (C=O) groups is 3. The molecule has 1 aromatic rings. The monoisotopic (exact) mass is 287 g/mol. The maximum Gasteiger partial charge on any atom is 0.340 e. The number of carboxylic acids is 1. The molecule has 108 valence electrons. The van der Waals surface area contributed by atoms with Crippen molar-refractivity contribution in [3.8, 4) is 0 Å². The van der Waals surface area contributed by atoms with E-state index in [1.807, 2.05) is 0 Å². The standard InChI is InChI=1S/C15H13NO5/c17-13-8-3-1-2-4-9(8)14(18)12(15(19)20)11(13)10-7-16-5-6-21-10/h1-4,10,16H,5-7H2,(H,19,20). The van der Waals surface area contributed by atoms with Crippen molar-refractivity contribution in [2.45, 2.75) is 6.10 Å². The van der Waals surface area contributed by atoms with Crippen LogP contribution in [0.25, 0.3) is 0 Å². The Bertz CT molecular complexity index is 670. The van der Waals surface area contributed by atoms with Crippen LogP contribution in [0.4, 0.5) is 0 Å². The molecule has 1 aliphatic heterocycles. The summed E-state index contributed by atoms with van der Waals surface area (Å²) in [5.74, 6) is -2.48. The van der Waals surface area contributed by atoms with Crippen molar-refractivity contribution in [3.63, 3.8) is 0 Å². The van der Waals surface area contributed by atoms with Gasteiger partial charge in [0.2, 0.25) is 5.78 Å². The number of Topliss-reactive ketones (excluding diaryl/α,β-unsaturated/α-hetero) is 2. The van der Waals surface area contributed by atoms with Gasteiger partial charge in [0.1, 0.15) is 5.57 Å². The molecule has 0 aromatic heterocycles. The number of hydrogen-bond donors (Lipinski definition) is 2. The third-order valence-corrected chi connectivity index (χ3v) is 3.62. The van der Waals surface area contributed by atoms with Crippen molar-refractivity contribution in [3.05, 3.63) is 46.5 Å². The van der Waals surface area contributed by atoms with Crippen LogP contribution in [-0.2, 0) is 9.53 Å². The molecule has 6 nitrogen and oxygen atoms in total. The van der Waals surface area contributed by atoms with Crippen LogP contribution >= 0.6 is 0 Å². The van der Waals surface area contributed by atoms with E-state index in [2.05, 4.69) is 5.32 Å². The summed E-state index contributed by atoms with van der Waals surface area (Å²) in [4.78, 5) is 36.5. The smallest absolute Gasteiger partial charge is 0.340 e. The maximum atomic E-state index is 12.6. The molecule has 2 aliphatic rings. The van der Waals surface area contributed by atoms with E-state index >= 15 is 0 Å². The number of ether oxygens (including phenoxy) is 1. The summed E-state index contributed by atoms with van der Waals surface area (Å²) in [5.41, 5.74) is -0.171. The van der Waals surface area contributed by atoms with E-state index in [4.69, 9.17) is 4.74 Å². The Morgan fingerprint density at radius 2 is 1.86 bits per heavy atom. The molecule has 2 N–H and O–H groups in total. The van der Waals surface area contributed by atoms with E-state index in [1.54, 1.807) is 12.1 Å². The molecule has 1 unspecified atom stereocenters. The predicted molar refractivity (Wildman–Crippen MR) is 72.4 cm³/mol. The Balaban J connectivity index is 2.17. The van der Waals surface area contributed by atoms with Gasteiger partial charge >= 0.3 is 5.97 Å². The molecule has 0 saturated carbocycles. The zero-order valence-electron chi connectivity index (χ0n) is 11.1. The van der Waals surface area contributed by atoms with Gasteiger partial charge in [-0.2, -0.15) is 0 Å². The van der Waals surface area contributed by atoms with Crippen LogP contribution in [0.3, 0.4) is 0 Å². The number of nitrogens with one attached hydrogen (secondary N) is 1. The number of fused-ring (bicyclic) bond motifs is 1. The van der Waals surface area contributed by atoms with Crippen molar-refractivity contribution in [2.75, 3.05) is 19.7 Å². The second kappa shape index (κ2) is 5.23. The lowest BCUT2D eigenvalue weighted by Crippen LogP contribution is -2.44. The van der Waals surface area contributed by atoms with Crippen LogP contribution in [0.5, 0.6) is 0 Å². The highest BCUT2D eigenvalue weighted by atomic mass is 16.5. The number of morpholine rings is 1. The number of ketones is 2. The van der Waals surface area contributed by atoms with E-state index < -0.39 is 29.2 Å². The van der Waals surface area contributed by atoms with E-state index in [-0.39, 0.29) is 16.7 Å². The van der Waals surface area contributed by atoms with Crippen molar-refractivity contribution >= 4 is 17.5 Å². The lowest BCUT2D eigenvalue weighted by atomic mass is 9.81. The number of aliphatic carboxylic acids is 1. The molecule has 21 heavy (non-hydrogen) atoms. The van der Waals surface area contributed by atoms with Crippen molar-refractivity contribution in [1.82, 2.24) is 5.32 Å². The fourth-order valence-corrected chi connectivity index (χ4v) is 2.67. The fourth-order valence-electron chi connectivity index (χ4n) is 2.67. The normalized spacial score (nSPS) is 22.2. The number of hydrogen-bond acceptors (Lipinski definition) is 5. The highest BCUT2D eigenvalue weighted by molar-refractivity contribution is 6.35. The Hall–Kier alpha value is -2.31. The molecule has 6 heteroatoms. The van der Waals surface area contributed by atoms with Crippen LogP contribution in [0.15, 0.2) is 35.4 Å². The van der Waals surface area contributed by atoms with Gasteiger partial charge in [0.15, 0.2) is 5.78 Å². The summed E-state index contributed by atoms with van der Waals surface area (Å²) in [6.45, 7) is 1.31. The third-order valence-electron chi connectivity index (χ3n) is 3.62. The Labute approximate surface area is 120 Å². The van der Waals surface area contributed by atoms with Crippen molar-refractivity contribution in [2.24, 2.45) is 0 Å². The lowest BCUT2D eigenvalue weighted by Gasteiger charge is -2.28. The minimum absolute atomic E-state index is 0.0570. The molecule has 1 saturated heterocycles. The van der Waals surface area contributed by atoms with Gasteiger partial charge in [-0.05, 0) is 0 Å². The number of benzene rings is 1. The maximum absolute atomic E-state index is 12.6. The second-order valence-corrected chi connectivity index (χ2v) is 4.86. The largest absolute Gasteiger partial charge is 0.478 e. The van der Waals surface area contributed by atoms with Crippen LogP contribution in [0.1, 0.15) is 20.7 Å². The first kappa shape index (κ1) is 13.7. The molecule has 1 aromatic carbocycles. The summed E-state index contributed by atoms with van der Waals surface area (Å²) >= 11 is 0. The zero-order valence-corrected chi connectivity index (χ0v) is 11.1. The molecular weight excluding hydrogens is 274 g/mol. The molecule has 0 bridgehead atoms. The van der Waals surface area contributed by atoms with E-state index in [9.17, 15) is 19.5 Å². The van der Waals surface area contributed by atoms with E-state index in [1.165, 1.54) is 12.1 Å². The molecule has 1 heterocycles. The quantitative estimate of drug-likeness (QED) is 0.767. The summed E-state index contributed by atoms with van der Waals surface area (Å²) in [7, 11) is 0. The third kappa shape index (κ3) is 2.18. The van der Waals surface area contributed by atoms with Crippen molar-refractivity contribution < 1.29 is 24.2 Å². The predicted octanol–water partition coefficient (Wildman–Crippen LogP) is 0.435. The minimum atomic E-state index is -1.40. The molecule has 0 spiro atoms. The van der Waals surface area contributed by atoms with Crippen LogP contribution in [0, 0.1) is 0 Å². The first-order valence-corrected chi connectivity index (χ1v) is 6.59. The van der Waals surface area contributed by atoms with Crippen LogP contribution in [0.2, 0.25) is 0 Å². The van der Waals surface area contributed by atoms with Gasteiger partial charge in [0.25, 0.3) is 0 Å². The van der Waals surface area contributed by atoms with Gasteiger partial charge in [-0.15, -0.1) is 0 Å². The molecular formula is C15H13NO5. The number of carboxylic acid groups (broad SMARTS) is 1. The highest BCUT2D eigenvalue weighted by Crippen LogP contribution is 2.29. The van der Waals surface area contributed by atoms with Crippen molar-refractivity contribution in [1.29, 1.82) is 0 Å². The molecule has 3 rings (SSSR count). The fraction of sp³-hybridized carbons (Fsp3) is 0.267. The first-order valence-electron chi connectivity index (χ1n) is 6.59. The Morgan fingerprint density at radius 1 is 1.19 bits per heavy atom. The zero-order chi connectivity index (χ0) is 15.0. The summed E-state index contributed by atoms with van der Waals surface area (Å²) in [6, 6.07) is 6.25. The van der Waals surface area contributed by atoms with Gasteiger partial charge in [-0.1, -0.05) is 24.3 Å². The molecule has 1 aliphatic carbocycles. The number of carbonyl (C=O) groups excluding carboxylic acids is 2. The minimum Gasteiger partial charge on any atom is -0.478 e. The Kier molecular flexibility index (Phi) is 3.40. The summed E-state index contributed by atoms with van der Waals surface area (Å²) < 4.78 is 5.47. The first-order chi connectivity index (χ1) is 10.1. The molecule has 0 amide bonds.